The topological polar surface area (TPSA) is 57.0 Å². The van der Waals surface area contributed by atoms with Gasteiger partial charge < -0.3 is 4.74 Å². The number of esters is 1. The number of fused-ring (bicyclic) bond motifs is 1. The van der Waals surface area contributed by atoms with Crippen molar-refractivity contribution in [1.29, 1.82) is 0 Å². The van der Waals surface area contributed by atoms with Crippen LogP contribution in [0.1, 0.15) is 21.5 Å². The van der Waals surface area contributed by atoms with E-state index in [1.807, 2.05) is 31.2 Å². The number of aromatic nitrogens is 3. The first-order valence-electron chi connectivity index (χ1n) is 8.93. The lowest BCUT2D eigenvalue weighted by atomic mass is 10.1. The molecule has 2 aromatic heterocycles. The maximum atomic E-state index is 14.8. The van der Waals surface area contributed by atoms with Crippen LogP contribution in [0.5, 0.6) is 0 Å². The van der Waals surface area contributed by atoms with Crippen LogP contribution in [0.25, 0.3) is 22.3 Å². The molecule has 0 bridgehead atoms. The van der Waals surface area contributed by atoms with Crippen molar-refractivity contribution in [2.45, 2.75) is 13.5 Å². The summed E-state index contributed by atoms with van der Waals surface area (Å²) in [4.78, 5) is 16.1. The number of hydrogen-bond acceptors (Lipinski definition) is 4. The summed E-state index contributed by atoms with van der Waals surface area (Å²) < 4.78 is 21.2. The number of carbonyl (C=O) groups is 1. The summed E-state index contributed by atoms with van der Waals surface area (Å²) in [5.74, 6) is -1.17. The molecular weight excluding hydrogens is 393 g/mol. The van der Waals surface area contributed by atoms with Gasteiger partial charge in [0.2, 0.25) is 0 Å². The molecule has 0 amide bonds. The zero-order valence-corrected chi connectivity index (χ0v) is 16.6. The third-order valence-corrected chi connectivity index (χ3v) is 5.17. The second-order valence-electron chi connectivity index (χ2n) is 6.60. The highest BCUT2D eigenvalue weighted by molar-refractivity contribution is 6.31. The number of aryl methyl sites for hydroxylation is 1. The van der Waals surface area contributed by atoms with Crippen LogP contribution in [-0.4, -0.2) is 27.8 Å². The number of methoxy groups -OCH3 is 1. The predicted molar refractivity (Wildman–Crippen MR) is 110 cm³/mol. The van der Waals surface area contributed by atoms with E-state index in [1.165, 1.54) is 19.2 Å². The van der Waals surface area contributed by atoms with Crippen molar-refractivity contribution in [2.24, 2.45) is 0 Å². The number of benzene rings is 2. The van der Waals surface area contributed by atoms with Crippen LogP contribution in [0.2, 0.25) is 5.02 Å². The van der Waals surface area contributed by atoms with Crippen molar-refractivity contribution in [3.63, 3.8) is 0 Å². The minimum atomic E-state index is -0.599. The van der Waals surface area contributed by atoms with Crippen LogP contribution >= 0.6 is 11.6 Å². The molecule has 0 aliphatic carbocycles. The third-order valence-electron chi connectivity index (χ3n) is 4.82. The first-order chi connectivity index (χ1) is 14.0. The van der Waals surface area contributed by atoms with Gasteiger partial charge in [-0.2, -0.15) is 5.10 Å². The van der Waals surface area contributed by atoms with E-state index in [0.717, 1.165) is 22.7 Å². The normalized spacial score (nSPS) is 11.0. The van der Waals surface area contributed by atoms with Crippen molar-refractivity contribution in [3.8, 4) is 11.3 Å². The van der Waals surface area contributed by atoms with E-state index in [-0.39, 0.29) is 11.1 Å². The van der Waals surface area contributed by atoms with Crippen LogP contribution < -0.4 is 0 Å². The van der Waals surface area contributed by atoms with E-state index in [0.29, 0.717) is 22.8 Å². The van der Waals surface area contributed by atoms with Crippen LogP contribution in [0.15, 0.2) is 54.7 Å². The molecule has 2 heterocycles. The lowest BCUT2D eigenvalue weighted by Crippen LogP contribution is -2.04. The standard InChI is InChI=1S/C22H17ClFN3O2/c1-13-5-3-6-17(23)16(13)12-27-19-7-4-10-25-21(19)20(26-27)15-9-8-14(11-18(15)24)22(28)29-2/h3-11H,12H2,1-2H3. The molecule has 29 heavy (non-hydrogen) atoms. The van der Waals surface area contributed by atoms with Crippen LogP contribution in [-0.2, 0) is 11.3 Å². The maximum absolute atomic E-state index is 14.8. The Morgan fingerprint density at radius 1 is 1.21 bits per heavy atom. The first kappa shape index (κ1) is 19.1. The summed E-state index contributed by atoms with van der Waals surface area (Å²) in [6.45, 7) is 2.41. The molecule has 0 N–H and O–H groups in total. The molecule has 0 aliphatic heterocycles. The summed E-state index contributed by atoms with van der Waals surface area (Å²) in [5.41, 5.74) is 4.11. The number of ether oxygens (including phenoxy) is 1. The number of carbonyl (C=O) groups excluding carboxylic acids is 1. The molecule has 0 radical (unpaired) electrons. The van der Waals surface area contributed by atoms with Crippen molar-refractivity contribution < 1.29 is 13.9 Å². The van der Waals surface area contributed by atoms with Crippen LogP contribution in [0.4, 0.5) is 4.39 Å². The Kier molecular flexibility index (Phi) is 5.03. The number of rotatable bonds is 4. The van der Waals surface area contributed by atoms with E-state index in [9.17, 15) is 9.18 Å². The molecule has 4 rings (SSSR count). The molecular formula is C22H17ClFN3O2. The molecule has 7 heteroatoms. The molecule has 0 atom stereocenters. The molecule has 5 nitrogen and oxygen atoms in total. The Balaban J connectivity index is 1.84. The highest BCUT2D eigenvalue weighted by Crippen LogP contribution is 2.30. The highest BCUT2D eigenvalue weighted by Gasteiger charge is 2.19. The predicted octanol–water partition coefficient (Wildman–Crippen LogP) is 5.03. The van der Waals surface area contributed by atoms with Gasteiger partial charge in [-0.25, -0.2) is 9.18 Å². The molecule has 0 fully saturated rings. The molecule has 0 unspecified atom stereocenters. The van der Waals surface area contributed by atoms with Crippen molar-refractivity contribution in [2.75, 3.05) is 7.11 Å². The summed E-state index contributed by atoms with van der Waals surface area (Å²) in [6.07, 6.45) is 1.64. The number of halogens is 2. The lowest BCUT2D eigenvalue weighted by molar-refractivity contribution is 0.0600. The average molecular weight is 410 g/mol. The SMILES string of the molecule is COC(=O)c1ccc(-c2nn(Cc3c(C)cccc3Cl)c3cccnc23)c(F)c1. The van der Waals surface area contributed by atoms with Crippen LogP contribution in [0.3, 0.4) is 0 Å². The summed E-state index contributed by atoms with van der Waals surface area (Å²) in [6, 6.07) is 13.6. The zero-order valence-electron chi connectivity index (χ0n) is 15.8. The van der Waals surface area contributed by atoms with Gasteiger partial charge in [0.15, 0.2) is 0 Å². The van der Waals surface area contributed by atoms with Crippen molar-refractivity contribution in [3.05, 3.63) is 82.3 Å². The quantitative estimate of drug-likeness (QED) is 0.443. The average Bonchev–Trinajstić information content (AvgIpc) is 3.08. The Bertz CT molecular complexity index is 1220. The van der Waals surface area contributed by atoms with Gasteiger partial charge in [0.05, 0.1) is 24.7 Å². The monoisotopic (exact) mass is 409 g/mol. The Morgan fingerprint density at radius 2 is 2.03 bits per heavy atom. The molecule has 0 aliphatic rings. The number of nitrogens with zero attached hydrogens (tertiary/aromatic N) is 3. The Hall–Kier alpha value is -3.25. The Labute approximate surface area is 171 Å². The zero-order chi connectivity index (χ0) is 20.5. The molecule has 2 aromatic carbocycles. The van der Waals surface area contributed by atoms with Gasteiger partial charge in [0, 0.05) is 16.8 Å². The van der Waals surface area contributed by atoms with Gasteiger partial charge in [0.25, 0.3) is 0 Å². The highest BCUT2D eigenvalue weighted by atomic mass is 35.5. The van der Waals surface area contributed by atoms with E-state index in [1.54, 1.807) is 16.9 Å². The second kappa shape index (κ2) is 7.64. The smallest absolute Gasteiger partial charge is 0.337 e. The van der Waals surface area contributed by atoms with Gasteiger partial charge in [-0.15, -0.1) is 0 Å². The third kappa shape index (κ3) is 3.47. The van der Waals surface area contributed by atoms with Crippen molar-refractivity contribution >= 4 is 28.6 Å². The number of pyridine rings is 1. The molecule has 4 aromatic rings. The summed E-state index contributed by atoms with van der Waals surface area (Å²) in [7, 11) is 1.25. The molecule has 146 valence electrons. The number of hydrogen-bond donors (Lipinski definition) is 0. The van der Waals surface area contributed by atoms with Crippen LogP contribution in [0, 0.1) is 12.7 Å². The second-order valence-corrected chi connectivity index (χ2v) is 7.01. The van der Waals surface area contributed by atoms with E-state index in [4.69, 9.17) is 11.6 Å². The minimum Gasteiger partial charge on any atom is -0.465 e. The molecule has 0 saturated carbocycles. The van der Waals surface area contributed by atoms with Gasteiger partial charge in [-0.05, 0) is 54.4 Å². The minimum absolute atomic E-state index is 0.136. The van der Waals surface area contributed by atoms with Gasteiger partial charge in [-0.1, -0.05) is 23.7 Å². The fraction of sp³-hybridized carbons (Fsp3) is 0.136. The van der Waals surface area contributed by atoms with E-state index in [2.05, 4.69) is 14.8 Å². The van der Waals surface area contributed by atoms with E-state index >= 15 is 0 Å². The van der Waals surface area contributed by atoms with Crippen molar-refractivity contribution in [1.82, 2.24) is 14.8 Å². The largest absolute Gasteiger partial charge is 0.465 e. The Morgan fingerprint density at radius 3 is 2.76 bits per heavy atom. The maximum Gasteiger partial charge on any atom is 0.337 e. The van der Waals surface area contributed by atoms with E-state index < -0.39 is 11.8 Å². The fourth-order valence-corrected chi connectivity index (χ4v) is 3.56. The first-order valence-corrected chi connectivity index (χ1v) is 9.31. The summed E-state index contributed by atoms with van der Waals surface area (Å²) in [5, 5.41) is 5.28. The summed E-state index contributed by atoms with van der Waals surface area (Å²) >= 11 is 6.38. The van der Waals surface area contributed by atoms with Gasteiger partial charge >= 0.3 is 5.97 Å². The van der Waals surface area contributed by atoms with Gasteiger partial charge in [0.1, 0.15) is 17.0 Å². The van der Waals surface area contributed by atoms with Gasteiger partial charge in [-0.3, -0.25) is 9.67 Å². The lowest BCUT2D eigenvalue weighted by Gasteiger charge is -2.09. The molecule has 0 spiro atoms. The fourth-order valence-electron chi connectivity index (χ4n) is 3.28. The molecule has 0 saturated heterocycles.